The van der Waals surface area contributed by atoms with Gasteiger partial charge in [0.05, 0.1) is 18.1 Å². The van der Waals surface area contributed by atoms with Gasteiger partial charge in [0.1, 0.15) is 17.2 Å². The first-order valence-corrected chi connectivity index (χ1v) is 9.47. The number of nitrogens with one attached hydrogen (secondary N) is 2. The molecular weight excluding hydrogens is 427 g/mol. The lowest BCUT2D eigenvalue weighted by molar-refractivity contribution is -0.125. The second-order valence-corrected chi connectivity index (χ2v) is 7.17. The maximum absolute atomic E-state index is 12.5. The van der Waals surface area contributed by atoms with Crippen LogP contribution in [0.15, 0.2) is 47.0 Å². The van der Waals surface area contributed by atoms with Crippen molar-refractivity contribution in [2.45, 2.75) is 13.1 Å². The number of pyridine rings is 1. The standard InChI is InChI=1S/C21H19ClN4O3.ClH/c1-26(12-17-20(22)15-4-2-3-5-16(15)29-17)19(28)7-6-13-8-14-10-23-11-18(27)25-21(14)24-9-13;/h2-9,23H,10-12H2,1H3,(H,24,25,27);1H. The number of rotatable bonds is 4. The highest BCUT2D eigenvalue weighted by Crippen LogP contribution is 2.31. The molecule has 0 aliphatic carbocycles. The van der Waals surface area contributed by atoms with E-state index in [9.17, 15) is 9.59 Å². The van der Waals surface area contributed by atoms with Crippen molar-refractivity contribution in [3.05, 3.63) is 64.5 Å². The summed E-state index contributed by atoms with van der Waals surface area (Å²) in [6, 6.07) is 9.38. The molecule has 30 heavy (non-hydrogen) atoms. The fraction of sp³-hybridized carbons (Fsp3) is 0.190. The third kappa shape index (κ3) is 4.64. The van der Waals surface area contributed by atoms with Crippen molar-refractivity contribution >= 4 is 58.7 Å². The topological polar surface area (TPSA) is 87.5 Å². The molecule has 0 saturated heterocycles. The lowest BCUT2D eigenvalue weighted by atomic mass is 10.1. The number of halogens is 2. The van der Waals surface area contributed by atoms with Crippen LogP contribution in [0.25, 0.3) is 17.0 Å². The number of furan rings is 1. The number of likely N-dealkylation sites (N-methyl/N-ethyl adjacent to an activating group) is 1. The lowest BCUT2D eigenvalue weighted by Crippen LogP contribution is -2.24. The maximum atomic E-state index is 12.5. The summed E-state index contributed by atoms with van der Waals surface area (Å²) in [5.41, 5.74) is 2.33. The van der Waals surface area contributed by atoms with E-state index in [1.54, 1.807) is 19.3 Å². The van der Waals surface area contributed by atoms with Crippen molar-refractivity contribution in [3.63, 3.8) is 0 Å². The van der Waals surface area contributed by atoms with Gasteiger partial charge in [-0.3, -0.25) is 9.59 Å². The Labute approximate surface area is 184 Å². The molecule has 4 rings (SSSR count). The van der Waals surface area contributed by atoms with Crippen LogP contribution in [0.4, 0.5) is 5.82 Å². The second-order valence-electron chi connectivity index (χ2n) is 6.79. The average molecular weight is 447 g/mol. The summed E-state index contributed by atoms with van der Waals surface area (Å²) in [4.78, 5) is 29.9. The van der Waals surface area contributed by atoms with Crippen LogP contribution in [0.5, 0.6) is 0 Å². The van der Waals surface area contributed by atoms with Gasteiger partial charge in [0.15, 0.2) is 0 Å². The summed E-state index contributed by atoms with van der Waals surface area (Å²) in [6.07, 6.45) is 4.78. The van der Waals surface area contributed by atoms with Gasteiger partial charge in [-0.05, 0) is 29.8 Å². The molecule has 0 radical (unpaired) electrons. The minimum Gasteiger partial charge on any atom is -0.458 e. The van der Waals surface area contributed by atoms with Crippen molar-refractivity contribution in [1.29, 1.82) is 0 Å². The minimum atomic E-state index is -0.192. The normalized spacial score (nSPS) is 13.5. The molecule has 2 aromatic heterocycles. The Morgan fingerprint density at radius 1 is 1.33 bits per heavy atom. The van der Waals surface area contributed by atoms with E-state index in [1.807, 2.05) is 30.3 Å². The molecule has 2 amide bonds. The van der Waals surface area contributed by atoms with E-state index < -0.39 is 0 Å². The van der Waals surface area contributed by atoms with Crippen molar-refractivity contribution in [2.75, 3.05) is 18.9 Å². The Hall–Kier alpha value is -2.87. The van der Waals surface area contributed by atoms with Crippen molar-refractivity contribution < 1.29 is 14.0 Å². The molecule has 1 aromatic carbocycles. The predicted molar refractivity (Wildman–Crippen MR) is 119 cm³/mol. The summed E-state index contributed by atoms with van der Waals surface area (Å²) in [5.74, 6) is 0.772. The second kappa shape index (κ2) is 9.30. The Balaban J connectivity index is 0.00000256. The first-order valence-electron chi connectivity index (χ1n) is 9.10. The van der Waals surface area contributed by atoms with Gasteiger partial charge < -0.3 is 20.0 Å². The van der Waals surface area contributed by atoms with Crippen molar-refractivity contribution in [2.24, 2.45) is 0 Å². The molecule has 0 unspecified atom stereocenters. The van der Waals surface area contributed by atoms with E-state index in [-0.39, 0.29) is 37.3 Å². The predicted octanol–water partition coefficient (Wildman–Crippen LogP) is 3.62. The first kappa shape index (κ1) is 21.8. The van der Waals surface area contributed by atoms with Crippen LogP contribution in [-0.2, 0) is 22.7 Å². The van der Waals surface area contributed by atoms with Crippen LogP contribution in [0.3, 0.4) is 0 Å². The van der Waals surface area contributed by atoms with Crippen LogP contribution in [0.1, 0.15) is 16.9 Å². The molecule has 0 saturated carbocycles. The highest BCUT2D eigenvalue weighted by atomic mass is 35.5. The first-order chi connectivity index (χ1) is 14.0. The zero-order valence-electron chi connectivity index (χ0n) is 16.1. The molecule has 0 bridgehead atoms. The number of fused-ring (bicyclic) bond motifs is 2. The molecule has 3 heterocycles. The minimum absolute atomic E-state index is 0. The number of aromatic nitrogens is 1. The highest BCUT2D eigenvalue weighted by molar-refractivity contribution is 6.36. The molecule has 156 valence electrons. The Bertz CT molecular complexity index is 1130. The zero-order valence-corrected chi connectivity index (χ0v) is 17.7. The molecule has 1 aliphatic heterocycles. The van der Waals surface area contributed by atoms with Gasteiger partial charge in [0.2, 0.25) is 11.8 Å². The molecular formula is C21H20Cl2N4O3. The fourth-order valence-corrected chi connectivity index (χ4v) is 3.36. The third-order valence-electron chi connectivity index (χ3n) is 4.62. The quantitative estimate of drug-likeness (QED) is 0.597. The summed E-state index contributed by atoms with van der Waals surface area (Å²) >= 11 is 6.38. The maximum Gasteiger partial charge on any atom is 0.246 e. The number of nitrogens with zero attached hydrogens (tertiary/aromatic N) is 2. The van der Waals surface area contributed by atoms with Gasteiger partial charge in [-0.25, -0.2) is 4.98 Å². The largest absolute Gasteiger partial charge is 0.458 e. The monoisotopic (exact) mass is 446 g/mol. The number of amides is 2. The summed E-state index contributed by atoms with van der Waals surface area (Å²) in [5, 5.41) is 7.13. The summed E-state index contributed by atoms with van der Waals surface area (Å²) < 4.78 is 5.76. The van der Waals surface area contributed by atoms with E-state index in [0.717, 1.165) is 16.5 Å². The van der Waals surface area contributed by atoms with Gasteiger partial charge in [-0.15, -0.1) is 12.4 Å². The van der Waals surface area contributed by atoms with E-state index in [1.165, 1.54) is 11.0 Å². The third-order valence-corrected chi connectivity index (χ3v) is 5.04. The Kier molecular flexibility index (Phi) is 6.77. The highest BCUT2D eigenvalue weighted by Gasteiger charge is 2.16. The Morgan fingerprint density at radius 3 is 2.93 bits per heavy atom. The molecule has 9 heteroatoms. The molecule has 2 N–H and O–H groups in total. The van der Waals surface area contributed by atoms with Gasteiger partial charge in [0.25, 0.3) is 0 Å². The molecule has 0 fully saturated rings. The smallest absolute Gasteiger partial charge is 0.246 e. The van der Waals surface area contributed by atoms with Gasteiger partial charge in [-0.1, -0.05) is 23.7 Å². The number of carbonyl (C=O) groups excluding carboxylic acids is 2. The molecule has 3 aromatic rings. The van der Waals surface area contributed by atoms with Gasteiger partial charge >= 0.3 is 0 Å². The van der Waals surface area contributed by atoms with Crippen LogP contribution >= 0.6 is 24.0 Å². The number of para-hydroxylation sites is 1. The van der Waals surface area contributed by atoms with Gasteiger partial charge in [-0.2, -0.15) is 0 Å². The number of anilines is 1. The lowest BCUT2D eigenvalue weighted by Gasteiger charge is -2.13. The molecule has 1 aliphatic rings. The number of hydrogen-bond acceptors (Lipinski definition) is 5. The van der Waals surface area contributed by atoms with Gasteiger partial charge in [0, 0.05) is 36.8 Å². The Morgan fingerprint density at radius 2 is 2.13 bits per heavy atom. The fourth-order valence-electron chi connectivity index (χ4n) is 3.11. The number of benzene rings is 1. The SMILES string of the molecule is CN(Cc1oc2ccccc2c1Cl)C(=O)C=Cc1cnc2c(c1)CNCC(=O)N2.Cl. The van der Waals surface area contributed by atoms with Crippen LogP contribution < -0.4 is 10.6 Å². The van der Waals surface area contributed by atoms with Crippen LogP contribution in [0, 0.1) is 0 Å². The molecule has 7 nitrogen and oxygen atoms in total. The number of carbonyl (C=O) groups is 2. The van der Waals surface area contributed by atoms with E-state index >= 15 is 0 Å². The van der Waals surface area contributed by atoms with E-state index in [4.69, 9.17) is 16.0 Å². The average Bonchev–Trinajstić information content (AvgIpc) is 2.90. The van der Waals surface area contributed by atoms with Crippen LogP contribution in [0.2, 0.25) is 5.02 Å². The number of hydrogen-bond donors (Lipinski definition) is 2. The van der Waals surface area contributed by atoms with Crippen LogP contribution in [-0.4, -0.2) is 35.3 Å². The van der Waals surface area contributed by atoms with Crippen molar-refractivity contribution in [3.8, 4) is 0 Å². The van der Waals surface area contributed by atoms with Crippen molar-refractivity contribution in [1.82, 2.24) is 15.2 Å². The molecule has 0 spiro atoms. The summed E-state index contributed by atoms with van der Waals surface area (Å²) in [6.45, 7) is 1.03. The zero-order chi connectivity index (χ0) is 20.4. The van der Waals surface area contributed by atoms with E-state index in [2.05, 4.69) is 15.6 Å². The summed E-state index contributed by atoms with van der Waals surface area (Å²) in [7, 11) is 1.69. The molecule has 0 atom stereocenters. The van der Waals surface area contributed by atoms with E-state index in [0.29, 0.717) is 28.7 Å².